The molecule has 2 rings (SSSR count). The summed E-state index contributed by atoms with van der Waals surface area (Å²) in [5, 5.41) is 9.50. The van der Waals surface area contributed by atoms with Crippen molar-refractivity contribution in [2.75, 3.05) is 6.61 Å². The van der Waals surface area contributed by atoms with Crippen LogP contribution in [0.2, 0.25) is 0 Å². The molecule has 128 valence electrons. The molecule has 0 aliphatic rings. The molecular formula is C20H24O4. The van der Waals surface area contributed by atoms with E-state index in [0.29, 0.717) is 26.1 Å². The van der Waals surface area contributed by atoms with E-state index in [4.69, 9.17) is 9.47 Å². The standard InChI is InChI=1S/C20H24O4/c1-3-23-20(22)13-8-16-6-11-19(12-7-16)24-14-17-4-9-18(10-5-17)15(2)21/h4-7,9-12,15,21H,3,8,13-14H2,1-2H3. The van der Waals surface area contributed by atoms with Crippen LogP contribution in [-0.2, 0) is 22.6 Å². The van der Waals surface area contributed by atoms with Crippen molar-refractivity contribution in [2.24, 2.45) is 0 Å². The summed E-state index contributed by atoms with van der Waals surface area (Å²) in [6.07, 6.45) is 0.603. The summed E-state index contributed by atoms with van der Waals surface area (Å²) >= 11 is 0. The van der Waals surface area contributed by atoms with Crippen molar-refractivity contribution in [1.29, 1.82) is 0 Å². The first kappa shape index (κ1) is 18.0. The Morgan fingerprint density at radius 1 is 1.04 bits per heavy atom. The van der Waals surface area contributed by atoms with Gasteiger partial charge < -0.3 is 14.6 Å². The van der Waals surface area contributed by atoms with Gasteiger partial charge in [-0.15, -0.1) is 0 Å². The molecule has 0 radical (unpaired) electrons. The van der Waals surface area contributed by atoms with Crippen LogP contribution in [0.25, 0.3) is 0 Å². The van der Waals surface area contributed by atoms with Crippen LogP contribution in [-0.4, -0.2) is 17.7 Å². The van der Waals surface area contributed by atoms with Gasteiger partial charge in [0.15, 0.2) is 0 Å². The van der Waals surface area contributed by atoms with E-state index in [9.17, 15) is 9.90 Å². The molecule has 0 bridgehead atoms. The highest BCUT2D eigenvalue weighted by Gasteiger charge is 2.04. The number of aryl methyl sites for hydroxylation is 1. The van der Waals surface area contributed by atoms with Crippen molar-refractivity contribution < 1.29 is 19.4 Å². The summed E-state index contributed by atoms with van der Waals surface area (Å²) in [7, 11) is 0. The lowest BCUT2D eigenvalue weighted by molar-refractivity contribution is -0.143. The Morgan fingerprint density at radius 3 is 2.25 bits per heavy atom. The van der Waals surface area contributed by atoms with Crippen LogP contribution < -0.4 is 4.74 Å². The number of aliphatic hydroxyl groups excluding tert-OH is 1. The number of hydrogen-bond donors (Lipinski definition) is 1. The molecule has 0 saturated heterocycles. The first-order chi connectivity index (χ1) is 11.6. The molecule has 0 aliphatic heterocycles. The molecule has 0 saturated carbocycles. The summed E-state index contributed by atoms with van der Waals surface area (Å²) in [6, 6.07) is 15.5. The maximum atomic E-state index is 11.3. The monoisotopic (exact) mass is 328 g/mol. The number of carbonyl (C=O) groups excluding carboxylic acids is 1. The highest BCUT2D eigenvalue weighted by molar-refractivity contribution is 5.69. The van der Waals surface area contributed by atoms with E-state index in [1.807, 2.05) is 55.5 Å². The van der Waals surface area contributed by atoms with Gasteiger partial charge in [0.05, 0.1) is 12.7 Å². The second-order valence-corrected chi connectivity index (χ2v) is 5.66. The molecule has 0 amide bonds. The number of ether oxygens (including phenoxy) is 2. The lowest BCUT2D eigenvalue weighted by Gasteiger charge is -2.09. The van der Waals surface area contributed by atoms with Crippen LogP contribution >= 0.6 is 0 Å². The number of esters is 1. The highest BCUT2D eigenvalue weighted by atomic mass is 16.5. The van der Waals surface area contributed by atoms with Gasteiger partial charge in [0.2, 0.25) is 0 Å². The molecule has 0 aliphatic carbocycles. The van der Waals surface area contributed by atoms with Crippen molar-refractivity contribution in [3.8, 4) is 5.75 Å². The van der Waals surface area contributed by atoms with E-state index < -0.39 is 6.10 Å². The second-order valence-electron chi connectivity index (χ2n) is 5.66. The third-order valence-corrected chi connectivity index (χ3v) is 3.71. The third kappa shape index (κ3) is 5.70. The second kappa shape index (κ2) is 9.08. The molecule has 2 aromatic rings. The average Bonchev–Trinajstić information content (AvgIpc) is 2.59. The van der Waals surface area contributed by atoms with E-state index in [1.165, 1.54) is 0 Å². The smallest absolute Gasteiger partial charge is 0.306 e. The zero-order valence-corrected chi connectivity index (χ0v) is 14.2. The Morgan fingerprint density at radius 2 is 1.67 bits per heavy atom. The van der Waals surface area contributed by atoms with Gasteiger partial charge in [0, 0.05) is 6.42 Å². The molecule has 0 spiro atoms. The first-order valence-electron chi connectivity index (χ1n) is 8.22. The fraction of sp³-hybridized carbons (Fsp3) is 0.350. The van der Waals surface area contributed by atoms with Crippen LogP contribution in [0, 0.1) is 0 Å². The van der Waals surface area contributed by atoms with Gasteiger partial charge >= 0.3 is 5.97 Å². The number of carbonyl (C=O) groups is 1. The van der Waals surface area contributed by atoms with Gasteiger partial charge in [-0.05, 0) is 49.1 Å². The van der Waals surface area contributed by atoms with E-state index >= 15 is 0 Å². The SMILES string of the molecule is CCOC(=O)CCc1ccc(OCc2ccc(C(C)O)cc2)cc1. The quantitative estimate of drug-likeness (QED) is 0.749. The summed E-state index contributed by atoms with van der Waals surface area (Å²) in [5.41, 5.74) is 3.02. The topological polar surface area (TPSA) is 55.8 Å². The minimum Gasteiger partial charge on any atom is -0.489 e. The molecule has 1 unspecified atom stereocenters. The van der Waals surface area contributed by atoms with Crippen LogP contribution in [0.15, 0.2) is 48.5 Å². The predicted octanol–water partition coefficient (Wildman–Crippen LogP) is 3.81. The zero-order valence-electron chi connectivity index (χ0n) is 14.2. The van der Waals surface area contributed by atoms with Crippen LogP contribution in [0.5, 0.6) is 5.75 Å². The summed E-state index contributed by atoms with van der Waals surface area (Å²) < 4.78 is 10.7. The van der Waals surface area contributed by atoms with Gasteiger partial charge in [-0.3, -0.25) is 4.79 Å². The minimum absolute atomic E-state index is 0.168. The molecule has 1 N–H and O–H groups in total. The molecular weight excluding hydrogens is 304 g/mol. The summed E-state index contributed by atoms with van der Waals surface area (Å²) in [6.45, 7) is 4.45. The molecule has 0 aromatic heterocycles. The Hall–Kier alpha value is -2.33. The molecule has 2 aromatic carbocycles. The van der Waals surface area contributed by atoms with Gasteiger partial charge in [0.1, 0.15) is 12.4 Å². The normalized spacial score (nSPS) is 11.8. The molecule has 24 heavy (non-hydrogen) atoms. The first-order valence-corrected chi connectivity index (χ1v) is 8.22. The summed E-state index contributed by atoms with van der Waals surface area (Å²) in [5.74, 6) is 0.618. The average molecular weight is 328 g/mol. The lowest BCUT2D eigenvalue weighted by Crippen LogP contribution is -2.05. The highest BCUT2D eigenvalue weighted by Crippen LogP contribution is 2.17. The van der Waals surface area contributed by atoms with Gasteiger partial charge in [-0.25, -0.2) is 0 Å². The number of aliphatic hydroxyl groups is 1. The Balaban J connectivity index is 1.82. The third-order valence-electron chi connectivity index (χ3n) is 3.71. The number of rotatable bonds is 8. The minimum atomic E-state index is -0.456. The Labute approximate surface area is 143 Å². The molecule has 0 fully saturated rings. The van der Waals surface area contributed by atoms with E-state index in [-0.39, 0.29) is 5.97 Å². The number of benzene rings is 2. The van der Waals surface area contributed by atoms with Crippen molar-refractivity contribution in [3.05, 3.63) is 65.2 Å². The van der Waals surface area contributed by atoms with Crippen molar-refractivity contribution >= 4 is 5.97 Å². The van der Waals surface area contributed by atoms with Crippen LogP contribution in [0.4, 0.5) is 0 Å². The van der Waals surface area contributed by atoms with Crippen molar-refractivity contribution in [3.63, 3.8) is 0 Å². The lowest BCUT2D eigenvalue weighted by atomic mass is 10.1. The van der Waals surface area contributed by atoms with Crippen molar-refractivity contribution in [1.82, 2.24) is 0 Å². The van der Waals surface area contributed by atoms with E-state index in [1.54, 1.807) is 6.92 Å². The van der Waals surface area contributed by atoms with Crippen LogP contribution in [0.3, 0.4) is 0 Å². The molecule has 4 heteroatoms. The predicted molar refractivity (Wildman–Crippen MR) is 92.8 cm³/mol. The van der Waals surface area contributed by atoms with Gasteiger partial charge in [0.25, 0.3) is 0 Å². The van der Waals surface area contributed by atoms with Gasteiger partial charge in [-0.2, -0.15) is 0 Å². The Kier molecular flexibility index (Phi) is 6.82. The Bertz CT molecular complexity index is 630. The van der Waals surface area contributed by atoms with E-state index in [0.717, 1.165) is 22.4 Å². The fourth-order valence-electron chi connectivity index (χ4n) is 2.29. The zero-order chi connectivity index (χ0) is 17.4. The largest absolute Gasteiger partial charge is 0.489 e. The number of hydrogen-bond acceptors (Lipinski definition) is 4. The maximum Gasteiger partial charge on any atom is 0.306 e. The summed E-state index contributed by atoms with van der Waals surface area (Å²) in [4.78, 5) is 11.3. The fourth-order valence-corrected chi connectivity index (χ4v) is 2.29. The molecule has 4 nitrogen and oxygen atoms in total. The van der Waals surface area contributed by atoms with Gasteiger partial charge in [-0.1, -0.05) is 36.4 Å². The maximum absolute atomic E-state index is 11.3. The molecule has 0 heterocycles. The van der Waals surface area contributed by atoms with Crippen molar-refractivity contribution in [2.45, 2.75) is 39.4 Å². The van der Waals surface area contributed by atoms with E-state index in [2.05, 4.69) is 0 Å². The molecule has 1 atom stereocenters. The van der Waals surface area contributed by atoms with Crippen LogP contribution in [0.1, 0.15) is 43.1 Å².